The Morgan fingerprint density at radius 1 is 1.28 bits per heavy atom. The number of aromatic nitrogens is 4. The molecule has 2 aromatic heterocycles. The molecular weight excluding hydrogens is 375 g/mol. The van der Waals surface area contributed by atoms with E-state index in [-0.39, 0.29) is 18.3 Å². The standard InChI is InChI=1S/C20H27FN6O2/c1-5-27-11-23-16-17(22-10-13-8-14(21)6-7-15(13)28)25-19(26-18(16)27)24-12(2)9-20(3,4)29/h6-8,11-12,28-29H,5,9-10H2,1-4H3,(H2,22,24,25,26). The van der Waals surface area contributed by atoms with Crippen LogP contribution in [0, 0.1) is 5.82 Å². The van der Waals surface area contributed by atoms with Crippen LogP contribution in [0.4, 0.5) is 16.2 Å². The van der Waals surface area contributed by atoms with Gasteiger partial charge in [-0.25, -0.2) is 9.37 Å². The Bertz CT molecular complexity index is 999. The van der Waals surface area contributed by atoms with Gasteiger partial charge in [0.1, 0.15) is 11.6 Å². The predicted molar refractivity (Wildman–Crippen MR) is 110 cm³/mol. The van der Waals surface area contributed by atoms with Crippen LogP contribution in [-0.4, -0.2) is 41.4 Å². The van der Waals surface area contributed by atoms with Gasteiger partial charge in [-0.3, -0.25) is 0 Å². The Hall–Kier alpha value is -2.94. The summed E-state index contributed by atoms with van der Waals surface area (Å²) < 4.78 is 15.4. The number of imidazole rings is 1. The Morgan fingerprint density at radius 2 is 2.03 bits per heavy atom. The van der Waals surface area contributed by atoms with Gasteiger partial charge >= 0.3 is 0 Å². The van der Waals surface area contributed by atoms with E-state index >= 15 is 0 Å². The van der Waals surface area contributed by atoms with Gasteiger partial charge in [0, 0.05) is 24.7 Å². The number of phenols is 1. The second kappa shape index (κ2) is 8.20. The Balaban J connectivity index is 1.90. The van der Waals surface area contributed by atoms with Gasteiger partial charge < -0.3 is 25.4 Å². The largest absolute Gasteiger partial charge is 0.508 e. The fourth-order valence-corrected chi connectivity index (χ4v) is 3.26. The van der Waals surface area contributed by atoms with Crippen molar-refractivity contribution < 1.29 is 14.6 Å². The van der Waals surface area contributed by atoms with Gasteiger partial charge in [0.25, 0.3) is 0 Å². The molecular formula is C20H27FN6O2. The first-order valence-corrected chi connectivity index (χ1v) is 9.59. The maximum atomic E-state index is 13.5. The van der Waals surface area contributed by atoms with E-state index in [9.17, 15) is 14.6 Å². The van der Waals surface area contributed by atoms with Crippen molar-refractivity contribution in [1.29, 1.82) is 0 Å². The smallest absolute Gasteiger partial charge is 0.226 e. The van der Waals surface area contributed by atoms with Gasteiger partial charge in [-0.2, -0.15) is 9.97 Å². The topological polar surface area (TPSA) is 108 Å². The first-order valence-electron chi connectivity index (χ1n) is 9.59. The van der Waals surface area contributed by atoms with Crippen molar-refractivity contribution in [3.63, 3.8) is 0 Å². The van der Waals surface area contributed by atoms with Crippen LogP contribution in [0.5, 0.6) is 5.75 Å². The molecule has 3 rings (SSSR count). The molecule has 8 nitrogen and oxygen atoms in total. The number of rotatable bonds is 8. The Kier molecular flexibility index (Phi) is 5.88. The van der Waals surface area contributed by atoms with Crippen molar-refractivity contribution in [3.05, 3.63) is 35.9 Å². The molecule has 0 bridgehead atoms. The summed E-state index contributed by atoms with van der Waals surface area (Å²) in [6.45, 7) is 8.30. The molecule has 156 valence electrons. The molecule has 1 aromatic carbocycles. The van der Waals surface area contributed by atoms with Crippen LogP contribution >= 0.6 is 0 Å². The van der Waals surface area contributed by atoms with Crippen LogP contribution in [0.15, 0.2) is 24.5 Å². The number of phenolic OH excluding ortho intramolecular Hbond substituents is 1. The summed E-state index contributed by atoms with van der Waals surface area (Å²) in [5, 5.41) is 26.3. The Labute approximate surface area is 168 Å². The molecule has 29 heavy (non-hydrogen) atoms. The summed E-state index contributed by atoms with van der Waals surface area (Å²) in [7, 11) is 0. The third kappa shape index (κ3) is 5.11. The SMILES string of the molecule is CCn1cnc2c(NCc3cc(F)ccc3O)nc(NC(C)CC(C)(C)O)nc21. The lowest BCUT2D eigenvalue weighted by Gasteiger charge is -2.23. The maximum absolute atomic E-state index is 13.5. The summed E-state index contributed by atoms with van der Waals surface area (Å²) in [6.07, 6.45) is 2.20. The van der Waals surface area contributed by atoms with Gasteiger partial charge in [-0.05, 0) is 52.3 Å². The first-order chi connectivity index (χ1) is 13.7. The number of halogens is 1. The van der Waals surface area contributed by atoms with Crippen LogP contribution in [0.25, 0.3) is 11.2 Å². The highest BCUT2D eigenvalue weighted by Crippen LogP contribution is 2.24. The zero-order valence-corrected chi connectivity index (χ0v) is 17.1. The van der Waals surface area contributed by atoms with Gasteiger partial charge in [0.15, 0.2) is 17.0 Å². The summed E-state index contributed by atoms with van der Waals surface area (Å²) in [5.41, 5.74) is 0.837. The quantitative estimate of drug-likeness (QED) is 0.458. The van der Waals surface area contributed by atoms with Crippen molar-refractivity contribution in [2.24, 2.45) is 0 Å². The molecule has 1 unspecified atom stereocenters. The highest BCUT2D eigenvalue weighted by molar-refractivity contribution is 5.84. The number of hydrogen-bond acceptors (Lipinski definition) is 7. The van der Waals surface area contributed by atoms with Crippen LogP contribution in [0.3, 0.4) is 0 Å². The molecule has 0 saturated carbocycles. The number of benzene rings is 1. The summed E-state index contributed by atoms with van der Waals surface area (Å²) in [4.78, 5) is 13.5. The van der Waals surface area contributed by atoms with Crippen molar-refractivity contribution in [3.8, 4) is 5.75 Å². The fraction of sp³-hybridized carbons (Fsp3) is 0.450. The second-order valence-corrected chi connectivity index (χ2v) is 7.79. The van der Waals surface area contributed by atoms with Crippen LogP contribution < -0.4 is 10.6 Å². The van der Waals surface area contributed by atoms with E-state index in [2.05, 4.69) is 25.6 Å². The molecule has 2 heterocycles. The Morgan fingerprint density at radius 3 is 2.72 bits per heavy atom. The minimum atomic E-state index is -0.822. The van der Waals surface area contributed by atoms with E-state index < -0.39 is 11.4 Å². The molecule has 0 amide bonds. The van der Waals surface area contributed by atoms with E-state index in [0.29, 0.717) is 41.5 Å². The van der Waals surface area contributed by atoms with E-state index in [4.69, 9.17) is 0 Å². The third-order valence-electron chi connectivity index (χ3n) is 4.47. The van der Waals surface area contributed by atoms with E-state index in [1.54, 1.807) is 20.2 Å². The maximum Gasteiger partial charge on any atom is 0.226 e. The number of hydrogen-bond donors (Lipinski definition) is 4. The van der Waals surface area contributed by atoms with Gasteiger partial charge in [0.2, 0.25) is 5.95 Å². The lowest BCUT2D eigenvalue weighted by Crippen LogP contribution is -2.29. The fourth-order valence-electron chi connectivity index (χ4n) is 3.26. The molecule has 0 radical (unpaired) electrons. The number of anilines is 2. The molecule has 0 aliphatic carbocycles. The third-order valence-corrected chi connectivity index (χ3v) is 4.47. The summed E-state index contributed by atoms with van der Waals surface area (Å²) >= 11 is 0. The van der Waals surface area contributed by atoms with Crippen molar-refractivity contribution >= 4 is 22.9 Å². The van der Waals surface area contributed by atoms with Crippen LogP contribution in [0.1, 0.15) is 39.7 Å². The lowest BCUT2D eigenvalue weighted by molar-refractivity contribution is 0.0672. The number of nitrogens with zero attached hydrogens (tertiary/aromatic N) is 4. The predicted octanol–water partition coefficient (Wildman–Crippen LogP) is 3.26. The van der Waals surface area contributed by atoms with Gasteiger partial charge in [-0.15, -0.1) is 0 Å². The zero-order valence-electron chi connectivity index (χ0n) is 17.1. The molecule has 4 N–H and O–H groups in total. The highest BCUT2D eigenvalue weighted by atomic mass is 19.1. The van der Waals surface area contributed by atoms with Gasteiger partial charge in [-0.1, -0.05) is 0 Å². The molecule has 9 heteroatoms. The molecule has 1 atom stereocenters. The second-order valence-electron chi connectivity index (χ2n) is 7.79. The summed E-state index contributed by atoms with van der Waals surface area (Å²) in [6, 6.07) is 3.73. The highest BCUT2D eigenvalue weighted by Gasteiger charge is 2.19. The van der Waals surface area contributed by atoms with Crippen molar-refractivity contribution in [2.75, 3.05) is 10.6 Å². The van der Waals surface area contributed by atoms with Gasteiger partial charge in [0.05, 0.1) is 11.9 Å². The van der Waals surface area contributed by atoms with Crippen molar-refractivity contribution in [1.82, 2.24) is 19.5 Å². The molecule has 3 aromatic rings. The molecule has 0 saturated heterocycles. The van der Waals surface area contributed by atoms with E-state index in [1.807, 2.05) is 18.4 Å². The van der Waals surface area contributed by atoms with Crippen LogP contribution in [0.2, 0.25) is 0 Å². The number of aliphatic hydroxyl groups is 1. The van der Waals surface area contributed by atoms with E-state index in [1.165, 1.54) is 18.2 Å². The van der Waals surface area contributed by atoms with Crippen LogP contribution in [-0.2, 0) is 13.1 Å². The normalized spacial score (nSPS) is 12.9. The number of nitrogens with one attached hydrogen (secondary N) is 2. The zero-order chi connectivity index (χ0) is 21.2. The monoisotopic (exact) mass is 402 g/mol. The molecule has 0 aliphatic rings. The summed E-state index contributed by atoms with van der Waals surface area (Å²) in [5.74, 6) is 0.449. The first kappa shape index (κ1) is 20.8. The number of fused-ring (bicyclic) bond motifs is 1. The average Bonchev–Trinajstić information content (AvgIpc) is 3.03. The lowest BCUT2D eigenvalue weighted by atomic mass is 10.0. The molecule has 0 aliphatic heterocycles. The molecule has 0 fully saturated rings. The molecule has 0 spiro atoms. The minimum absolute atomic E-state index is 0.000403. The van der Waals surface area contributed by atoms with Crippen molar-refractivity contribution in [2.45, 2.75) is 58.8 Å². The minimum Gasteiger partial charge on any atom is -0.508 e. The average molecular weight is 402 g/mol. The van der Waals surface area contributed by atoms with E-state index in [0.717, 1.165) is 0 Å². The number of aryl methyl sites for hydroxylation is 1. The number of aromatic hydroxyl groups is 1.